The van der Waals surface area contributed by atoms with Crippen LogP contribution in [-0.2, 0) is 16.1 Å². The highest BCUT2D eigenvalue weighted by atomic mass is 19.1. The summed E-state index contributed by atoms with van der Waals surface area (Å²) in [5.41, 5.74) is 8.21. The number of hydrogen-bond acceptors (Lipinski definition) is 8. The van der Waals surface area contributed by atoms with Crippen LogP contribution in [0.2, 0.25) is 0 Å². The van der Waals surface area contributed by atoms with E-state index in [2.05, 4.69) is 15.4 Å². The van der Waals surface area contributed by atoms with Gasteiger partial charge in [-0.15, -0.1) is 0 Å². The molecule has 0 aliphatic carbocycles. The largest absolute Gasteiger partial charge is 0.496 e. The van der Waals surface area contributed by atoms with Crippen LogP contribution in [0.5, 0.6) is 11.5 Å². The molecule has 0 spiro atoms. The van der Waals surface area contributed by atoms with Gasteiger partial charge in [0.2, 0.25) is 5.91 Å². The number of rotatable bonds is 7. The van der Waals surface area contributed by atoms with Crippen LogP contribution in [0, 0.1) is 11.6 Å². The van der Waals surface area contributed by atoms with Crippen LogP contribution in [0.1, 0.15) is 36.3 Å². The number of anilines is 1. The maximum absolute atomic E-state index is 14.5. The first-order chi connectivity index (χ1) is 21.6. The number of ether oxygens (including phenoxy) is 3. The average molecular weight is 619 g/mol. The molecule has 2 aliphatic rings. The number of carbonyl (C=O) groups excluding carboxylic acids is 2. The zero-order valence-corrected chi connectivity index (χ0v) is 25.0. The maximum atomic E-state index is 14.5. The number of benzene rings is 2. The molecule has 234 valence electrons. The van der Waals surface area contributed by atoms with E-state index in [-0.39, 0.29) is 42.8 Å². The van der Waals surface area contributed by atoms with Crippen molar-refractivity contribution in [2.24, 2.45) is 5.73 Å². The molecule has 4 heterocycles. The Kier molecular flexibility index (Phi) is 7.97. The summed E-state index contributed by atoms with van der Waals surface area (Å²) in [6.45, 7) is 5.07. The second-order valence-corrected chi connectivity index (χ2v) is 11.4. The van der Waals surface area contributed by atoms with Crippen LogP contribution in [0.15, 0.2) is 48.8 Å². The fraction of sp³-hybridized carbons (Fsp3) is 0.312. The van der Waals surface area contributed by atoms with E-state index >= 15 is 0 Å². The van der Waals surface area contributed by atoms with Crippen LogP contribution in [0.25, 0.3) is 28.1 Å². The lowest BCUT2D eigenvalue weighted by atomic mass is 9.95. The normalized spacial score (nSPS) is 15.1. The van der Waals surface area contributed by atoms with Crippen molar-refractivity contribution in [3.8, 4) is 39.6 Å². The lowest BCUT2D eigenvalue weighted by Gasteiger charge is -2.41. The summed E-state index contributed by atoms with van der Waals surface area (Å²) in [5, 5.41) is 7.44. The van der Waals surface area contributed by atoms with Gasteiger partial charge in [0, 0.05) is 60.1 Å². The smallest absolute Gasteiger partial charge is 0.275 e. The third-order valence-electron chi connectivity index (χ3n) is 7.80. The van der Waals surface area contributed by atoms with Crippen molar-refractivity contribution in [3.63, 3.8) is 0 Å². The van der Waals surface area contributed by atoms with Crippen LogP contribution in [-0.4, -0.2) is 70.4 Å². The molecule has 2 amide bonds. The number of pyridine rings is 1. The topological polar surface area (TPSA) is 134 Å². The van der Waals surface area contributed by atoms with Crippen molar-refractivity contribution < 1.29 is 32.6 Å². The summed E-state index contributed by atoms with van der Waals surface area (Å²) < 4.78 is 47.8. The minimum Gasteiger partial charge on any atom is -0.496 e. The van der Waals surface area contributed by atoms with Gasteiger partial charge in [-0.1, -0.05) is 0 Å². The van der Waals surface area contributed by atoms with Gasteiger partial charge in [-0.05, 0) is 38.1 Å². The van der Waals surface area contributed by atoms with Crippen molar-refractivity contribution in [3.05, 3.63) is 71.7 Å². The van der Waals surface area contributed by atoms with Crippen LogP contribution < -0.4 is 20.5 Å². The Hall–Kier alpha value is -4.88. The van der Waals surface area contributed by atoms with E-state index in [0.29, 0.717) is 64.9 Å². The molecular formula is C32H32F2N6O5. The van der Waals surface area contributed by atoms with Gasteiger partial charge in [0.15, 0.2) is 5.69 Å². The molecule has 0 radical (unpaired) electrons. The number of hydrogen-bond donors (Lipinski definition) is 2. The predicted octanol–water partition coefficient (Wildman–Crippen LogP) is 4.32. The number of carbonyl (C=O) groups is 2. The molecule has 2 aliphatic heterocycles. The quantitative estimate of drug-likeness (QED) is 0.313. The second kappa shape index (κ2) is 11.9. The molecule has 0 saturated carbocycles. The van der Waals surface area contributed by atoms with Gasteiger partial charge in [0.25, 0.3) is 5.91 Å². The summed E-state index contributed by atoms with van der Waals surface area (Å²) >= 11 is 0. The molecule has 0 unspecified atom stereocenters. The minimum absolute atomic E-state index is 0.0152. The Morgan fingerprint density at radius 1 is 1.09 bits per heavy atom. The first-order valence-corrected chi connectivity index (χ1v) is 14.4. The van der Waals surface area contributed by atoms with E-state index in [0.717, 1.165) is 18.2 Å². The number of aromatic nitrogens is 3. The number of halogens is 2. The van der Waals surface area contributed by atoms with Gasteiger partial charge in [0.05, 0.1) is 49.1 Å². The fourth-order valence-corrected chi connectivity index (χ4v) is 5.67. The van der Waals surface area contributed by atoms with Crippen molar-refractivity contribution in [1.82, 2.24) is 19.7 Å². The number of nitrogens with zero attached hydrogens (tertiary/aromatic N) is 4. The van der Waals surface area contributed by atoms with Gasteiger partial charge in [-0.3, -0.25) is 14.6 Å². The number of amides is 2. The molecule has 1 saturated heterocycles. The van der Waals surface area contributed by atoms with Crippen molar-refractivity contribution in [1.29, 1.82) is 0 Å². The van der Waals surface area contributed by atoms with Crippen LogP contribution in [0.4, 0.5) is 14.5 Å². The number of nitrogens with two attached hydrogens (primary N) is 1. The van der Waals surface area contributed by atoms with Crippen molar-refractivity contribution in [2.75, 3.05) is 38.7 Å². The lowest BCUT2D eigenvalue weighted by molar-refractivity contribution is -0.116. The first-order valence-electron chi connectivity index (χ1n) is 14.4. The van der Waals surface area contributed by atoms with E-state index in [1.54, 1.807) is 29.3 Å². The van der Waals surface area contributed by atoms with Crippen LogP contribution in [0.3, 0.4) is 0 Å². The highest BCUT2D eigenvalue weighted by Gasteiger charge is 2.39. The first kappa shape index (κ1) is 30.2. The van der Waals surface area contributed by atoms with Gasteiger partial charge in [-0.2, -0.15) is 5.10 Å². The van der Waals surface area contributed by atoms with E-state index in [1.807, 2.05) is 13.8 Å². The number of methoxy groups -OCH3 is 1. The van der Waals surface area contributed by atoms with E-state index in [4.69, 9.17) is 19.9 Å². The number of fused-ring (bicyclic) bond motifs is 3. The molecule has 2 aromatic carbocycles. The number of nitrogens with one attached hydrogen (secondary N) is 1. The van der Waals surface area contributed by atoms with Gasteiger partial charge in [-0.25, -0.2) is 13.5 Å². The maximum Gasteiger partial charge on any atom is 0.275 e. The summed E-state index contributed by atoms with van der Waals surface area (Å²) in [5.74, 6) is -1.30. The Morgan fingerprint density at radius 3 is 2.58 bits per heavy atom. The molecule has 4 aromatic rings. The molecular weight excluding hydrogens is 586 g/mol. The summed E-state index contributed by atoms with van der Waals surface area (Å²) in [6, 6.07) is 8.30. The molecule has 45 heavy (non-hydrogen) atoms. The van der Waals surface area contributed by atoms with Gasteiger partial charge in [0.1, 0.15) is 29.7 Å². The van der Waals surface area contributed by atoms with E-state index in [9.17, 15) is 18.4 Å². The highest BCUT2D eigenvalue weighted by Crippen LogP contribution is 2.46. The monoisotopic (exact) mass is 618 g/mol. The second-order valence-electron chi connectivity index (χ2n) is 11.4. The Labute approximate surface area is 257 Å². The highest BCUT2D eigenvalue weighted by molar-refractivity contribution is 5.98. The standard InChI is InChI=1S/C32H32F2N6O5/c1-32(2)17-44-7-6-39(32)31(42)29-25-16-45-27-13-26(43-3)23(18-8-21(15-36-14-18)37-28(41)4-5-35)12-24(27)30(25)40(38-29)22-10-19(33)9-20(34)11-22/h8-15H,4-7,16-17,35H2,1-3H3,(H,37,41). The van der Waals surface area contributed by atoms with E-state index in [1.165, 1.54) is 18.0 Å². The zero-order valence-electron chi connectivity index (χ0n) is 25.0. The van der Waals surface area contributed by atoms with Gasteiger partial charge >= 0.3 is 0 Å². The Morgan fingerprint density at radius 2 is 1.87 bits per heavy atom. The van der Waals surface area contributed by atoms with Gasteiger partial charge < -0.3 is 30.2 Å². The third-order valence-corrected chi connectivity index (χ3v) is 7.80. The molecule has 2 aromatic heterocycles. The minimum atomic E-state index is -0.793. The molecule has 0 atom stereocenters. The van der Waals surface area contributed by atoms with Crippen LogP contribution >= 0.6 is 0 Å². The molecule has 13 heteroatoms. The molecule has 11 nitrogen and oxygen atoms in total. The predicted molar refractivity (Wildman–Crippen MR) is 161 cm³/mol. The Balaban J connectivity index is 1.53. The summed E-state index contributed by atoms with van der Waals surface area (Å²) in [4.78, 5) is 32.2. The average Bonchev–Trinajstić information content (AvgIpc) is 3.40. The van der Waals surface area contributed by atoms with Crippen molar-refractivity contribution in [2.45, 2.75) is 32.4 Å². The lowest BCUT2D eigenvalue weighted by Crippen LogP contribution is -2.55. The third kappa shape index (κ3) is 5.71. The van der Waals surface area contributed by atoms with Crippen molar-refractivity contribution >= 4 is 17.5 Å². The summed E-state index contributed by atoms with van der Waals surface area (Å²) in [7, 11) is 1.51. The molecule has 0 bridgehead atoms. The van der Waals surface area contributed by atoms with E-state index < -0.39 is 17.2 Å². The summed E-state index contributed by atoms with van der Waals surface area (Å²) in [6.07, 6.45) is 3.28. The number of morpholine rings is 1. The molecule has 1 fully saturated rings. The zero-order chi connectivity index (χ0) is 31.9. The fourth-order valence-electron chi connectivity index (χ4n) is 5.67. The molecule has 3 N–H and O–H groups in total. The SMILES string of the molecule is COc1cc2c(cc1-c1cncc(NC(=O)CCN)c1)-c1c(c(C(=O)N3CCOCC3(C)C)nn1-c1cc(F)cc(F)c1)CO2. The Bertz CT molecular complexity index is 1790. The molecule has 6 rings (SSSR count).